The molecule has 1 aromatic carbocycles. The Morgan fingerprint density at radius 2 is 1.88 bits per heavy atom. The molecule has 1 fully saturated rings. The van der Waals surface area contributed by atoms with Crippen molar-refractivity contribution in [3.8, 4) is 0 Å². The third kappa shape index (κ3) is 3.60. The van der Waals surface area contributed by atoms with E-state index in [4.69, 9.17) is 28.2 Å². The topological polar surface area (TPSA) is 32.3 Å². The maximum absolute atomic E-state index is 6.22. The van der Waals surface area contributed by atoms with Gasteiger partial charge in [0.2, 0.25) is 0 Å². The van der Waals surface area contributed by atoms with Crippen molar-refractivity contribution in [1.29, 1.82) is 0 Å². The molecule has 0 spiro atoms. The third-order valence-corrected chi connectivity index (χ3v) is 6.29. The first-order chi connectivity index (χ1) is 12.1. The summed E-state index contributed by atoms with van der Waals surface area (Å²) in [6.07, 6.45) is 1.86. The van der Waals surface area contributed by atoms with Crippen LogP contribution in [-0.2, 0) is 6.54 Å². The van der Waals surface area contributed by atoms with Crippen LogP contribution in [0.25, 0.3) is 10.2 Å². The predicted octanol–water partition coefficient (Wildman–Crippen LogP) is 4.63. The molecule has 3 heterocycles. The summed E-state index contributed by atoms with van der Waals surface area (Å²) in [6.45, 7) is 6.93. The van der Waals surface area contributed by atoms with Gasteiger partial charge >= 0.3 is 0 Å². The third-order valence-electron chi connectivity index (χ3n) is 4.57. The van der Waals surface area contributed by atoms with Gasteiger partial charge in [-0.1, -0.05) is 40.6 Å². The normalized spacial score (nSPS) is 15.9. The van der Waals surface area contributed by atoms with Gasteiger partial charge in [0.1, 0.15) is 5.15 Å². The number of hydrogen-bond acceptors (Lipinski definition) is 5. The summed E-state index contributed by atoms with van der Waals surface area (Å²) < 4.78 is 1.20. The Morgan fingerprint density at radius 3 is 2.60 bits per heavy atom. The van der Waals surface area contributed by atoms with Crippen molar-refractivity contribution >= 4 is 49.9 Å². The Hall–Kier alpha value is -1.40. The minimum absolute atomic E-state index is 0.541. The molecule has 0 bridgehead atoms. The number of rotatable bonds is 3. The van der Waals surface area contributed by atoms with Gasteiger partial charge in [-0.3, -0.25) is 4.90 Å². The lowest BCUT2D eigenvalue weighted by atomic mass is 10.2. The van der Waals surface area contributed by atoms with E-state index in [1.54, 1.807) is 11.3 Å². The molecule has 1 saturated heterocycles. The van der Waals surface area contributed by atoms with Crippen molar-refractivity contribution in [2.24, 2.45) is 0 Å². The minimum Gasteiger partial charge on any atom is -0.345 e. The lowest BCUT2D eigenvalue weighted by molar-refractivity contribution is 0.249. The number of benzene rings is 1. The first kappa shape index (κ1) is 17.0. The quantitative estimate of drug-likeness (QED) is 0.608. The fourth-order valence-electron chi connectivity index (χ4n) is 3.08. The summed E-state index contributed by atoms with van der Waals surface area (Å²) in [5.41, 5.74) is 3.29. The number of piperazine rings is 1. The molecule has 7 heteroatoms. The summed E-state index contributed by atoms with van der Waals surface area (Å²) in [7, 11) is 0. The Balaban J connectivity index is 1.43. The van der Waals surface area contributed by atoms with Crippen LogP contribution >= 0.6 is 34.5 Å². The highest BCUT2D eigenvalue weighted by atomic mass is 35.5. The van der Waals surface area contributed by atoms with Crippen LogP contribution in [0.5, 0.6) is 0 Å². The Morgan fingerprint density at radius 1 is 1.08 bits per heavy atom. The lowest BCUT2D eigenvalue weighted by Crippen LogP contribution is -2.45. The molecule has 0 unspecified atom stereocenters. The predicted molar refractivity (Wildman–Crippen MR) is 106 cm³/mol. The molecule has 0 radical (unpaired) electrons. The van der Waals surface area contributed by atoms with Crippen LogP contribution in [0.3, 0.4) is 0 Å². The highest BCUT2D eigenvalue weighted by molar-refractivity contribution is 7.22. The second-order valence-electron chi connectivity index (χ2n) is 6.27. The van der Waals surface area contributed by atoms with Crippen LogP contribution in [0.15, 0.2) is 30.5 Å². The smallest absolute Gasteiger partial charge is 0.186 e. The molecule has 0 atom stereocenters. The Bertz CT molecular complexity index is 886. The van der Waals surface area contributed by atoms with Crippen LogP contribution in [-0.4, -0.2) is 41.0 Å². The van der Waals surface area contributed by atoms with Crippen LogP contribution in [0.2, 0.25) is 10.2 Å². The van der Waals surface area contributed by atoms with Gasteiger partial charge in [-0.05, 0) is 36.2 Å². The molecule has 2 aromatic heterocycles. The van der Waals surface area contributed by atoms with E-state index >= 15 is 0 Å². The van der Waals surface area contributed by atoms with Crippen molar-refractivity contribution in [1.82, 2.24) is 14.9 Å². The van der Waals surface area contributed by atoms with Gasteiger partial charge in [-0.15, -0.1) is 0 Å². The van der Waals surface area contributed by atoms with Gasteiger partial charge in [0.25, 0.3) is 0 Å². The van der Waals surface area contributed by atoms with Gasteiger partial charge in [0, 0.05) is 43.9 Å². The van der Waals surface area contributed by atoms with Crippen molar-refractivity contribution in [3.63, 3.8) is 0 Å². The van der Waals surface area contributed by atoms with Crippen LogP contribution < -0.4 is 4.90 Å². The maximum atomic E-state index is 6.22. The van der Waals surface area contributed by atoms with Crippen LogP contribution in [0, 0.1) is 6.92 Å². The second kappa shape index (κ2) is 7.08. The lowest BCUT2D eigenvalue weighted by Gasteiger charge is -2.34. The number of aryl methyl sites for hydroxylation is 1. The molecular formula is C18H18Cl2N4S. The molecule has 0 amide bonds. The molecule has 1 aliphatic heterocycles. The summed E-state index contributed by atoms with van der Waals surface area (Å²) in [5, 5.41) is 2.42. The zero-order chi connectivity index (χ0) is 17.4. The van der Waals surface area contributed by atoms with Gasteiger partial charge in [0.05, 0.1) is 10.2 Å². The van der Waals surface area contributed by atoms with E-state index in [2.05, 4.69) is 20.9 Å². The monoisotopic (exact) mass is 392 g/mol. The molecule has 130 valence electrons. The summed E-state index contributed by atoms with van der Waals surface area (Å²) in [6, 6.07) is 7.92. The zero-order valence-electron chi connectivity index (χ0n) is 13.9. The van der Waals surface area contributed by atoms with Crippen molar-refractivity contribution in [3.05, 3.63) is 51.8 Å². The maximum Gasteiger partial charge on any atom is 0.186 e. The average Bonchev–Trinajstić information content (AvgIpc) is 3.06. The number of hydrogen-bond donors (Lipinski definition) is 0. The highest BCUT2D eigenvalue weighted by Gasteiger charge is 2.20. The molecule has 25 heavy (non-hydrogen) atoms. The van der Waals surface area contributed by atoms with E-state index < -0.39 is 0 Å². The molecule has 4 nitrogen and oxygen atoms in total. The molecule has 0 N–H and O–H groups in total. The molecule has 3 aromatic rings. The summed E-state index contributed by atoms with van der Waals surface area (Å²) >= 11 is 13.8. The van der Waals surface area contributed by atoms with Gasteiger partial charge in [-0.2, -0.15) is 0 Å². The summed E-state index contributed by atoms with van der Waals surface area (Å²) in [4.78, 5) is 13.8. The van der Waals surface area contributed by atoms with Gasteiger partial charge in [0.15, 0.2) is 5.13 Å². The van der Waals surface area contributed by atoms with E-state index in [-0.39, 0.29) is 0 Å². The van der Waals surface area contributed by atoms with Crippen molar-refractivity contribution < 1.29 is 0 Å². The van der Waals surface area contributed by atoms with Crippen LogP contribution in [0.4, 0.5) is 5.13 Å². The number of nitrogens with zero attached hydrogens (tertiary/aromatic N) is 4. The fourth-order valence-corrected chi connectivity index (χ4v) is 4.42. The SMILES string of the molecule is Cc1c(Cl)ccc2sc(N3CCN(Cc4ccc(Cl)nc4)CC3)nc12. The van der Waals surface area contributed by atoms with Crippen molar-refractivity contribution in [2.75, 3.05) is 31.1 Å². The molecular weight excluding hydrogens is 375 g/mol. The van der Waals surface area contributed by atoms with Gasteiger partial charge < -0.3 is 4.90 Å². The number of pyridine rings is 1. The standard InChI is InChI=1S/C18H18Cl2N4S/c1-12-14(19)3-4-15-17(12)22-18(25-15)24-8-6-23(7-9-24)11-13-2-5-16(20)21-10-13/h2-5,10H,6-9,11H2,1H3. The Kier molecular flexibility index (Phi) is 4.82. The first-order valence-corrected chi connectivity index (χ1v) is 9.81. The van der Waals surface area contributed by atoms with E-state index in [0.717, 1.165) is 54.0 Å². The average molecular weight is 393 g/mol. The fraction of sp³-hybridized carbons (Fsp3) is 0.333. The van der Waals surface area contributed by atoms with E-state index in [9.17, 15) is 0 Å². The molecule has 0 aliphatic carbocycles. The van der Waals surface area contributed by atoms with E-state index in [1.165, 1.54) is 10.3 Å². The van der Waals surface area contributed by atoms with E-state index in [0.29, 0.717) is 5.15 Å². The first-order valence-electron chi connectivity index (χ1n) is 8.23. The number of fused-ring (bicyclic) bond motifs is 1. The number of thiazole rings is 1. The van der Waals surface area contributed by atoms with Gasteiger partial charge in [-0.25, -0.2) is 9.97 Å². The van der Waals surface area contributed by atoms with Crippen molar-refractivity contribution in [2.45, 2.75) is 13.5 Å². The largest absolute Gasteiger partial charge is 0.345 e. The van der Waals surface area contributed by atoms with E-state index in [1.807, 2.05) is 31.3 Å². The number of halogens is 2. The van der Waals surface area contributed by atoms with Crippen LogP contribution in [0.1, 0.15) is 11.1 Å². The number of anilines is 1. The summed E-state index contributed by atoms with van der Waals surface area (Å²) in [5.74, 6) is 0. The Labute approximate surface area is 161 Å². The highest BCUT2D eigenvalue weighted by Crippen LogP contribution is 2.33. The molecule has 4 rings (SSSR count). The second-order valence-corrected chi connectivity index (χ2v) is 8.07. The zero-order valence-corrected chi connectivity index (χ0v) is 16.2. The number of aromatic nitrogens is 2. The minimum atomic E-state index is 0.541. The molecule has 0 saturated carbocycles. The molecule has 1 aliphatic rings.